The van der Waals surface area contributed by atoms with Gasteiger partial charge in [-0.05, 0) is 12.8 Å². The average Bonchev–Trinajstić information content (AvgIpc) is 2.48. The van der Waals surface area contributed by atoms with Crippen LogP contribution in [0, 0.1) is 0 Å². The molecule has 0 amide bonds. The maximum Gasteiger partial charge on any atom is 0.316 e. The molecule has 5 heteroatoms. The van der Waals surface area contributed by atoms with Crippen LogP contribution in [0.3, 0.4) is 0 Å². The second kappa shape index (κ2) is 4.91. The molecule has 0 bridgehead atoms. The Kier molecular flexibility index (Phi) is 4.12. The summed E-state index contributed by atoms with van der Waals surface area (Å²) >= 11 is 2.78. The van der Waals surface area contributed by atoms with E-state index in [1.165, 1.54) is 23.5 Å². The molecule has 0 aromatic carbocycles. The van der Waals surface area contributed by atoms with Crippen molar-refractivity contribution in [3.8, 4) is 0 Å². The van der Waals surface area contributed by atoms with Crippen LogP contribution in [0.1, 0.15) is 19.8 Å². The first kappa shape index (κ1) is 10.9. The Bertz CT molecular complexity index is 217. The number of carboxylic acid groups (broad SMARTS) is 1. The van der Waals surface area contributed by atoms with Gasteiger partial charge in [0.05, 0.1) is 0 Å². The highest BCUT2D eigenvalue weighted by molar-refractivity contribution is 8.14. The quantitative estimate of drug-likeness (QED) is 0.783. The predicted octanol–water partition coefficient (Wildman–Crippen LogP) is 1.61. The van der Waals surface area contributed by atoms with Gasteiger partial charge in [-0.2, -0.15) is 0 Å². The van der Waals surface area contributed by atoms with E-state index in [9.17, 15) is 9.59 Å². The molecule has 13 heavy (non-hydrogen) atoms. The standard InChI is InChI=1S/C8H12O3S2/c1-5(9)12-4-6-2-3-7(13-6)8(10)11/h6-7H,2-4H2,1H3,(H,10,11)/t6-,7-/m0/s1. The van der Waals surface area contributed by atoms with Crippen LogP contribution in [0.4, 0.5) is 0 Å². The first-order valence-corrected chi connectivity index (χ1v) is 6.04. The van der Waals surface area contributed by atoms with Gasteiger partial charge in [-0.1, -0.05) is 11.8 Å². The largest absolute Gasteiger partial charge is 0.480 e. The Balaban J connectivity index is 2.25. The van der Waals surface area contributed by atoms with Crippen LogP contribution in [0.2, 0.25) is 0 Å². The van der Waals surface area contributed by atoms with Crippen LogP contribution >= 0.6 is 23.5 Å². The van der Waals surface area contributed by atoms with Crippen LogP contribution in [0.25, 0.3) is 0 Å². The first-order valence-electron chi connectivity index (χ1n) is 4.11. The lowest BCUT2D eigenvalue weighted by molar-refractivity contribution is -0.136. The third-order valence-corrected chi connectivity index (χ3v) is 4.60. The Labute approximate surface area is 85.7 Å². The molecule has 0 unspecified atom stereocenters. The SMILES string of the molecule is CC(=O)SC[C@@H]1CC[C@@H](C(=O)O)S1. The van der Waals surface area contributed by atoms with E-state index < -0.39 is 5.97 Å². The molecule has 1 saturated heterocycles. The normalized spacial score (nSPS) is 27.5. The number of rotatable bonds is 3. The van der Waals surface area contributed by atoms with Gasteiger partial charge in [0.15, 0.2) is 5.12 Å². The van der Waals surface area contributed by atoms with Gasteiger partial charge in [0.1, 0.15) is 5.25 Å². The van der Waals surface area contributed by atoms with Crippen LogP contribution in [0.5, 0.6) is 0 Å². The maximum atomic E-state index is 10.7. The van der Waals surface area contributed by atoms with Crippen molar-refractivity contribution in [2.24, 2.45) is 0 Å². The maximum absolute atomic E-state index is 10.7. The van der Waals surface area contributed by atoms with Gasteiger partial charge >= 0.3 is 5.97 Å². The lowest BCUT2D eigenvalue weighted by atomic mass is 10.2. The monoisotopic (exact) mass is 220 g/mol. The summed E-state index contributed by atoms with van der Waals surface area (Å²) in [5.74, 6) is 0.0318. The van der Waals surface area contributed by atoms with Gasteiger partial charge in [-0.3, -0.25) is 9.59 Å². The summed E-state index contributed by atoms with van der Waals surface area (Å²) < 4.78 is 0. The predicted molar refractivity (Wildman–Crippen MR) is 55.2 cm³/mol. The van der Waals surface area contributed by atoms with E-state index in [4.69, 9.17) is 5.11 Å². The van der Waals surface area contributed by atoms with Crippen LogP contribution in [-0.2, 0) is 9.59 Å². The molecule has 0 spiro atoms. The number of carbonyl (C=O) groups excluding carboxylic acids is 1. The fourth-order valence-electron chi connectivity index (χ4n) is 1.22. The molecule has 74 valence electrons. The fraction of sp³-hybridized carbons (Fsp3) is 0.750. The topological polar surface area (TPSA) is 54.4 Å². The first-order chi connectivity index (χ1) is 6.09. The minimum absolute atomic E-state index is 0.111. The van der Waals surface area contributed by atoms with E-state index in [0.717, 1.165) is 18.6 Å². The molecule has 0 saturated carbocycles. The molecule has 1 fully saturated rings. The second-order valence-electron chi connectivity index (χ2n) is 2.96. The zero-order valence-electron chi connectivity index (χ0n) is 7.36. The van der Waals surface area contributed by atoms with Gasteiger partial charge in [0.2, 0.25) is 0 Å². The Hall–Kier alpha value is -0.160. The van der Waals surface area contributed by atoms with Gasteiger partial charge < -0.3 is 5.11 Å². The van der Waals surface area contributed by atoms with E-state index in [-0.39, 0.29) is 10.4 Å². The Morgan fingerprint density at radius 3 is 2.69 bits per heavy atom. The van der Waals surface area contributed by atoms with E-state index >= 15 is 0 Å². The number of carboxylic acids is 1. The zero-order chi connectivity index (χ0) is 9.84. The van der Waals surface area contributed by atoms with Crippen molar-refractivity contribution >= 4 is 34.6 Å². The van der Waals surface area contributed by atoms with Gasteiger partial charge in [0, 0.05) is 17.9 Å². The van der Waals surface area contributed by atoms with Crippen molar-refractivity contribution in [2.45, 2.75) is 30.3 Å². The number of thioether (sulfide) groups is 2. The van der Waals surface area contributed by atoms with Crippen molar-refractivity contribution in [3.63, 3.8) is 0 Å². The molecule has 2 atom stereocenters. The minimum atomic E-state index is -0.722. The van der Waals surface area contributed by atoms with Crippen molar-refractivity contribution < 1.29 is 14.7 Å². The average molecular weight is 220 g/mol. The molecular weight excluding hydrogens is 208 g/mol. The van der Waals surface area contributed by atoms with E-state index in [0.29, 0.717) is 5.25 Å². The Morgan fingerprint density at radius 1 is 1.54 bits per heavy atom. The number of hydrogen-bond donors (Lipinski definition) is 1. The number of hydrogen-bond acceptors (Lipinski definition) is 4. The van der Waals surface area contributed by atoms with Gasteiger partial charge in [-0.15, -0.1) is 11.8 Å². The summed E-state index contributed by atoms with van der Waals surface area (Å²) in [5, 5.41) is 8.91. The minimum Gasteiger partial charge on any atom is -0.480 e. The third-order valence-electron chi connectivity index (χ3n) is 1.86. The van der Waals surface area contributed by atoms with E-state index in [1.54, 1.807) is 6.92 Å². The molecule has 0 aromatic rings. The zero-order valence-corrected chi connectivity index (χ0v) is 8.99. The van der Waals surface area contributed by atoms with Crippen molar-refractivity contribution in [1.82, 2.24) is 0 Å². The highest BCUT2D eigenvalue weighted by atomic mass is 32.2. The summed E-state index contributed by atoms with van der Waals surface area (Å²) in [6, 6.07) is 0. The summed E-state index contributed by atoms with van der Waals surface area (Å²) in [5.41, 5.74) is 0. The molecule has 1 N–H and O–H groups in total. The van der Waals surface area contributed by atoms with Gasteiger partial charge in [0.25, 0.3) is 0 Å². The molecule has 3 nitrogen and oxygen atoms in total. The molecule has 1 aliphatic rings. The van der Waals surface area contributed by atoms with Crippen molar-refractivity contribution in [3.05, 3.63) is 0 Å². The number of carbonyl (C=O) groups is 2. The van der Waals surface area contributed by atoms with Crippen LogP contribution in [0.15, 0.2) is 0 Å². The van der Waals surface area contributed by atoms with E-state index in [2.05, 4.69) is 0 Å². The smallest absolute Gasteiger partial charge is 0.316 e. The lowest BCUT2D eigenvalue weighted by Crippen LogP contribution is -2.12. The molecule has 0 aromatic heterocycles. The molecular formula is C8H12O3S2. The highest BCUT2D eigenvalue weighted by Crippen LogP contribution is 2.35. The summed E-state index contributed by atoms with van der Waals surface area (Å²) in [6.45, 7) is 1.54. The molecule has 1 aliphatic heterocycles. The summed E-state index contributed by atoms with van der Waals surface area (Å²) in [6.07, 6.45) is 1.66. The van der Waals surface area contributed by atoms with Crippen LogP contribution < -0.4 is 0 Å². The lowest BCUT2D eigenvalue weighted by Gasteiger charge is -2.06. The third kappa shape index (κ3) is 3.60. The fourth-order valence-corrected chi connectivity index (χ4v) is 3.45. The molecule has 0 aliphatic carbocycles. The summed E-state index contributed by atoms with van der Waals surface area (Å²) in [7, 11) is 0. The van der Waals surface area contributed by atoms with E-state index in [1.807, 2.05) is 0 Å². The highest BCUT2D eigenvalue weighted by Gasteiger charge is 2.30. The van der Waals surface area contributed by atoms with Gasteiger partial charge in [-0.25, -0.2) is 0 Å². The molecule has 1 heterocycles. The number of aliphatic carboxylic acids is 1. The van der Waals surface area contributed by atoms with Crippen molar-refractivity contribution in [1.29, 1.82) is 0 Å². The Morgan fingerprint density at radius 2 is 2.23 bits per heavy atom. The van der Waals surface area contributed by atoms with Crippen LogP contribution in [-0.4, -0.2) is 32.4 Å². The molecule has 0 radical (unpaired) electrons. The molecule has 1 rings (SSSR count). The van der Waals surface area contributed by atoms with Crippen molar-refractivity contribution in [2.75, 3.05) is 5.75 Å². The summed E-state index contributed by atoms with van der Waals surface area (Å²) in [4.78, 5) is 21.2. The second-order valence-corrected chi connectivity index (χ2v) is 5.67.